The van der Waals surface area contributed by atoms with Crippen LogP contribution in [0.15, 0.2) is 0 Å². The minimum Gasteiger partial charge on any atom is -0.426 e. The monoisotopic (exact) mass is 284 g/mol. The van der Waals surface area contributed by atoms with E-state index in [1.165, 1.54) is 6.92 Å². The standard InChI is InChI=1S/C14H24N2O4/c1-4-16-9-14(7-5-11(15-3)6-8-14)20-13(12(16)18)19-10(2)17/h11,13,15H,4-9H2,1-3H3. The third-order valence-electron chi connectivity index (χ3n) is 4.31. The van der Waals surface area contributed by atoms with Gasteiger partial charge in [-0.05, 0) is 39.7 Å². The lowest BCUT2D eigenvalue weighted by molar-refractivity contribution is -0.245. The molecule has 1 aliphatic heterocycles. The summed E-state index contributed by atoms with van der Waals surface area (Å²) in [5.41, 5.74) is -0.364. The van der Waals surface area contributed by atoms with Crippen molar-refractivity contribution in [2.24, 2.45) is 0 Å². The molecule has 0 aromatic rings. The van der Waals surface area contributed by atoms with Crippen LogP contribution in [0, 0.1) is 0 Å². The quantitative estimate of drug-likeness (QED) is 0.771. The van der Waals surface area contributed by atoms with Gasteiger partial charge >= 0.3 is 5.97 Å². The van der Waals surface area contributed by atoms with Crippen molar-refractivity contribution in [3.8, 4) is 0 Å². The molecule has 1 aliphatic carbocycles. The van der Waals surface area contributed by atoms with Gasteiger partial charge in [0.25, 0.3) is 12.2 Å². The minimum absolute atomic E-state index is 0.246. The van der Waals surface area contributed by atoms with Gasteiger partial charge in [0, 0.05) is 19.5 Å². The van der Waals surface area contributed by atoms with Crippen LogP contribution in [0.4, 0.5) is 0 Å². The van der Waals surface area contributed by atoms with Crippen LogP contribution < -0.4 is 5.32 Å². The number of nitrogens with zero attached hydrogens (tertiary/aromatic N) is 1. The minimum atomic E-state index is -1.08. The normalized spacial score (nSPS) is 34.4. The van der Waals surface area contributed by atoms with Gasteiger partial charge in [-0.25, -0.2) is 0 Å². The molecule has 1 spiro atoms. The van der Waals surface area contributed by atoms with E-state index in [9.17, 15) is 9.59 Å². The molecule has 1 unspecified atom stereocenters. The third-order valence-corrected chi connectivity index (χ3v) is 4.31. The van der Waals surface area contributed by atoms with Gasteiger partial charge in [-0.3, -0.25) is 9.59 Å². The average molecular weight is 284 g/mol. The van der Waals surface area contributed by atoms with Gasteiger partial charge in [0.05, 0.1) is 12.1 Å². The van der Waals surface area contributed by atoms with Crippen LogP contribution in [0.3, 0.4) is 0 Å². The molecular formula is C14H24N2O4. The Bertz CT molecular complexity index is 377. The molecule has 0 radical (unpaired) electrons. The summed E-state index contributed by atoms with van der Waals surface area (Å²) in [6, 6.07) is 0.504. The first-order valence-electron chi connectivity index (χ1n) is 7.31. The molecule has 6 heteroatoms. The SMILES string of the molecule is CCN1CC2(CCC(NC)CC2)OC(OC(C)=O)C1=O. The number of rotatable bonds is 3. The van der Waals surface area contributed by atoms with Crippen molar-refractivity contribution in [1.29, 1.82) is 0 Å². The lowest BCUT2D eigenvalue weighted by Gasteiger charge is -2.48. The van der Waals surface area contributed by atoms with Gasteiger partial charge in [0.2, 0.25) is 0 Å². The van der Waals surface area contributed by atoms with Crippen LogP contribution in [0.25, 0.3) is 0 Å². The molecule has 114 valence electrons. The highest BCUT2D eigenvalue weighted by molar-refractivity contribution is 5.83. The van der Waals surface area contributed by atoms with Crippen LogP contribution in [-0.2, 0) is 19.1 Å². The van der Waals surface area contributed by atoms with Gasteiger partial charge in [0.1, 0.15) is 0 Å². The van der Waals surface area contributed by atoms with Gasteiger partial charge in [-0.1, -0.05) is 0 Å². The summed E-state index contributed by atoms with van der Waals surface area (Å²) in [5, 5.41) is 3.28. The molecule has 2 aliphatic rings. The molecule has 1 atom stereocenters. The fourth-order valence-corrected chi connectivity index (χ4v) is 3.09. The Kier molecular flexibility index (Phi) is 4.65. The summed E-state index contributed by atoms with van der Waals surface area (Å²) in [7, 11) is 1.97. The maximum Gasteiger partial charge on any atom is 0.305 e. The van der Waals surface area contributed by atoms with Crippen molar-refractivity contribution in [2.75, 3.05) is 20.1 Å². The van der Waals surface area contributed by atoms with Gasteiger partial charge in [-0.15, -0.1) is 0 Å². The number of ether oxygens (including phenoxy) is 2. The van der Waals surface area contributed by atoms with Crippen LogP contribution in [-0.4, -0.2) is 54.8 Å². The Morgan fingerprint density at radius 3 is 2.65 bits per heavy atom. The first-order chi connectivity index (χ1) is 9.49. The van der Waals surface area contributed by atoms with Crippen molar-refractivity contribution in [3.63, 3.8) is 0 Å². The van der Waals surface area contributed by atoms with Crippen molar-refractivity contribution < 1.29 is 19.1 Å². The number of esters is 1. The summed E-state index contributed by atoms with van der Waals surface area (Å²) >= 11 is 0. The Morgan fingerprint density at radius 1 is 1.50 bits per heavy atom. The van der Waals surface area contributed by atoms with Crippen molar-refractivity contribution in [3.05, 3.63) is 0 Å². The summed E-state index contributed by atoms with van der Waals surface area (Å²) in [6.45, 7) is 4.43. The fourth-order valence-electron chi connectivity index (χ4n) is 3.09. The summed E-state index contributed by atoms with van der Waals surface area (Å²) in [4.78, 5) is 25.0. The smallest absolute Gasteiger partial charge is 0.305 e. The second-order valence-corrected chi connectivity index (χ2v) is 5.66. The van der Waals surface area contributed by atoms with Crippen LogP contribution >= 0.6 is 0 Å². The topological polar surface area (TPSA) is 67.9 Å². The molecule has 20 heavy (non-hydrogen) atoms. The largest absolute Gasteiger partial charge is 0.426 e. The molecule has 2 rings (SSSR count). The molecule has 0 aromatic heterocycles. The predicted molar refractivity (Wildman–Crippen MR) is 72.9 cm³/mol. The van der Waals surface area contributed by atoms with E-state index in [2.05, 4.69) is 5.32 Å². The van der Waals surface area contributed by atoms with E-state index in [1.54, 1.807) is 4.90 Å². The van der Waals surface area contributed by atoms with E-state index >= 15 is 0 Å². The lowest BCUT2D eigenvalue weighted by atomic mass is 9.81. The van der Waals surface area contributed by atoms with E-state index in [0.29, 0.717) is 19.1 Å². The maximum atomic E-state index is 12.1. The highest BCUT2D eigenvalue weighted by Crippen LogP contribution is 2.36. The van der Waals surface area contributed by atoms with Crippen LogP contribution in [0.2, 0.25) is 0 Å². The predicted octanol–water partition coefficient (Wildman–Crippen LogP) is 0.655. The number of likely N-dealkylation sites (N-methyl/N-ethyl adjacent to an activating group) is 1. The van der Waals surface area contributed by atoms with Crippen molar-refractivity contribution in [1.82, 2.24) is 10.2 Å². The van der Waals surface area contributed by atoms with E-state index in [-0.39, 0.29) is 11.5 Å². The van der Waals surface area contributed by atoms with Gasteiger partial charge in [0.15, 0.2) is 0 Å². The molecule has 0 bridgehead atoms. The summed E-state index contributed by atoms with van der Waals surface area (Å²) in [6.07, 6.45) is 2.69. The molecule has 0 aromatic carbocycles. The van der Waals surface area contributed by atoms with Crippen molar-refractivity contribution in [2.45, 2.75) is 57.5 Å². The number of hydrogen-bond donors (Lipinski definition) is 1. The molecule has 6 nitrogen and oxygen atoms in total. The highest BCUT2D eigenvalue weighted by atomic mass is 16.7. The van der Waals surface area contributed by atoms with Crippen LogP contribution in [0.5, 0.6) is 0 Å². The summed E-state index contributed by atoms with van der Waals surface area (Å²) in [5.74, 6) is -0.732. The Balaban J connectivity index is 2.10. The zero-order valence-electron chi connectivity index (χ0n) is 12.5. The van der Waals surface area contributed by atoms with Crippen molar-refractivity contribution >= 4 is 11.9 Å². The average Bonchev–Trinajstić information content (AvgIpc) is 2.43. The third kappa shape index (κ3) is 3.12. The summed E-state index contributed by atoms with van der Waals surface area (Å²) < 4.78 is 10.9. The van der Waals surface area contributed by atoms with Gasteiger partial charge < -0.3 is 19.7 Å². The molecule has 1 saturated carbocycles. The zero-order chi connectivity index (χ0) is 14.8. The molecule has 1 N–H and O–H groups in total. The second-order valence-electron chi connectivity index (χ2n) is 5.66. The highest BCUT2D eigenvalue weighted by Gasteiger charge is 2.47. The number of hydrogen-bond acceptors (Lipinski definition) is 5. The first-order valence-corrected chi connectivity index (χ1v) is 7.31. The number of nitrogens with one attached hydrogen (secondary N) is 1. The molecular weight excluding hydrogens is 260 g/mol. The fraction of sp³-hybridized carbons (Fsp3) is 0.857. The second kappa shape index (κ2) is 6.10. The lowest BCUT2D eigenvalue weighted by Crippen LogP contribution is -2.61. The van der Waals surface area contributed by atoms with Crippen LogP contribution in [0.1, 0.15) is 39.5 Å². The molecule has 2 fully saturated rings. The molecule has 1 saturated heterocycles. The molecule has 1 amide bonds. The number of amides is 1. The number of carbonyl (C=O) groups excluding carboxylic acids is 2. The van der Waals surface area contributed by atoms with E-state index < -0.39 is 12.3 Å². The van der Waals surface area contributed by atoms with E-state index in [0.717, 1.165) is 25.7 Å². The maximum absolute atomic E-state index is 12.1. The Labute approximate surface area is 119 Å². The number of morpholine rings is 1. The number of carbonyl (C=O) groups is 2. The van der Waals surface area contributed by atoms with E-state index in [4.69, 9.17) is 9.47 Å². The molecule has 1 heterocycles. The van der Waals surface area contributed by atoms with Gasteiger partial charge in [-0.2, -0.15) is 0 Å². The van der Waals surface area contributed by atoms with E-state index in [1.807, 2.05) is 14.0 Å². The first kappa shape index (κ1) is 15.3. The Hall–Kier alpha value is -1.14. The Morgan fingerprint density at radius 2 is 2.15 bits per heavy atom. The zero-order valence-corrected chi connectivity index (χ0v) is 12.5.